The van der Waals surface area contributed by atoms with Crippen LogP contribution in [0, 0.1) is 11.3 Å². The summed E-state index contributed by atoms with van der Waals surface area (Å²) >= 11 is 1.74. The van der Waals surface area contributed by atoms with Gasteiger partial charge in [0.1, 0.15) is 0 Å². The van der Waals surface area contributed by atoms with Gasteiger partial charge in [0.05, 0.1) is 11.5 Å². The summed E-state index contributed by atoms with van der Waals surface area (Å²) in [5.41, 5.74) is 3.75. The van der Waals surface area contributed by atoms with Crippen LogP contribution in [0.2, 0.25) is 0 Å². The van der Waals surface area contributed by atoms with Crippen molar-refractivity contribution >= 4 is 11.3 Å². The average molecular weight is 267 g/mol. The van der Waals surface area contributed by atoms with Crippen LogP contribution >= 0.6 is 11.3 Å². The van der Waals surface area contributed by atoms with Crippen LogP contribution in [0.3, 0.4) is 0 Å². The maximum Gasteiger partial charge on any atom is 0.0828 e. The SMILES string of the molecule is N#CC1(CCc2ccsc2)CCCc2ccccc21. The zero-order chi connectivity index (χ0) is 13.1. The van der Waals surface area contributed by atoms with Crippen molar-refractivity contribution in [2.24, 2.45) is 0 Å². The Bertz CT molecular complexity index is 594. The third-order valence-corrected chi connectivity index (χ3v) is 4.95. The van der Waals surface area contributed by atoms with Gasteiger partial charge in [-0.15, -0.1) is 0 Å². The molecule has 1 aromatic heterocycles. The molecule has 19 heavy (non-hydrogen) atoms. The van der Waals surface area contributed by atoms with Crippen molar-refractivity contribution in [1.29, 1.82) is 5.26 Å². The summed E-state index contributed by atoms with van der Waals surface area (Å²) in [6.07, 6.45) is 5.21. The molecule has 0 bridgehead atoms. The molecule has 0 amide bonds. The maximum absolute atomic E-state index is 9.77. The van der Waals surface area contributed by atoms with Gasteiger partial charge in [-0.3, -0.25) is 0 Å². The number of nitriles is 1. The van der Waals surface area contributed by atoms with E-state index in [1.54, 1.807) is 11.3 Å². The van der Waals surface area contributed by atoms with E-state index in [4.69, 9.17) is 0 Å². The summed E-state index contributed by atoms with van der Waals surface area (Å²) in [5.74, 6) is 0. The lowest BCUT2D eigenvalue weighted by atomic mass is 9.68. The Labute approximate surface area is 118 Å². The predicted octanol–water partition coefficient (Wildman–Crippen LogP) is 4.48. The Kier molecular flexibility index (Phi) is 3.40. The molecular weight excluding hydrogens is 250 g/mol. The maximum atomic E-state index is 9.77. The second-order valence-corrected chi connectivity index (χ2v) is 6.12. The number of aryl methyl sites for hydroxylation is 2. The van der Waals surface area contributed by atoms with Gasteiger partial charge in [0.15, 0.2) is 0 Å². The first kappa shape index (κ1) is 12.4. The molecule has 0 saturated heterocycles. The van der Waals surface area contributed by atoms with Crippen LogP contribution in [-0.2, 0) is 18.3 Å². The predicted molar refractivity (Wildman–Crippen MR) is 79.3 cm³/mol. The van der Waals surface area contributed by atoms with E-state index in [2.05, 4.69) is 47.2 Å². The molecule has 0 saturated carbocycles. The summed E-state index contributed by atoms with van der Waals surface area (Å²) in [5, 5.41) is 14.1. The number of nitrogens with zero attached hydrogens (tertiary/aromatic N) is 1. The van der Waals surface area contributed by atoms with Crippen molar-refractivity contribution in [2.45, 2.75) is 37.5 Å². The van der Waals surface area contributed by atoms with Gasteiger partial charge in [0, 0.05) is 0 Å². The van der Waals surface area contributed by atoms with Gasteiger partial charge in [0.2, 0.25) is 0 Å². The average Bonchev–Trinajstić information content (AvgIpc) is 2.98. The normalized spacial score (nSPS) is 21.6. The molecule has 3 rings (SSSR count). The molecule has 1 aliphatic rings. The van der Waals surface area contributed by atoms with Gasteiger partial charge in [0.25, 0.3) is 0 Å². The standard InChI is InChI=1S/C17H17NS/c18-13-17(10-7-14-8-11-19-12-14)9-3-5-15-4-1-2-6-16(15)17/h1-2,4,6,8,11-12H,3,5,7,9-10H2. The summed E-state index contributed by atoms with van der Waals surface area (Å²) < 4.78 is 0. The van der Waals surface area contributed by atoms with E-state index in [1.165, 1.54) is 16.7 Å². The van der Waals surface area contributed by atoms with E-state index in [1.807, 2.05) is 0 Å². The molecule has 1 aromatic carbocycles. The zero-order valence-electron chi connectivity index (χ0n) is 10.9. The number of hydrogen-bond acceptors (Lipinski definition) is 2. The fraction of sp³-hybridized carbons (Fsp3) is 0.353. The fourth-order valence-corrected chi connectivity index (χ4v) is 3.85. The van der Waals surface area contributed by atoms with Crippen molar-refractivity contribution in [2.75, 3.05) is 0 Å². The first-order chi connectivity index (χ1) is 9.34. The van der Waals surface area contributed by atoms with Crippen molar-refractivity contribution in [1.82, 2.24) is 0 Å². The minimum absolute atomic E-state index is 0.267. The number of thiophene rings is 1. The molecule has 2 heteroatoms. The van der Waals surface area contributed by atoms with E-state index < -0.39 is 0 Å². The van der Waals surface area contributed by atoms with Gasteiger partial charge < -0.3 is 0 Å². The molecule has 0 aliphatic heterocycles. The van der Waals surface area contributed by atoms with Crippen LogP contribution in [-0.4, -0.2) is 0 Å². The number of rotatable bonds is 3. The van der Waals surface area contributed by atoms with Crippen molar-refractivity contribution in [3.05, 3.63) is 57.8 Å². The lowest BCUT2D eigenvalue weighted by Crippen LogP contribution is -2.30. The minimum Gasteiger partial charge on any atom is -0.197 e. The van der Waals surface area contributed by atoms with Crippen LogP contribution in [0.5, 0.6) is 0 Å². The molecule has 2 aromatic rings. The Morgan fingerprint density at radius 1 is 1.26 bits per heavy atom. The van der Waals surface area contributed by atoms with E-state index >= 15 is 0 Å². The second-order valence-electron chi connectivity index (χ2n) is 5.34. The molecule has 1 nitrogen and oxygen atoms in total. The summed E-state index contributed by atoms with van der Waals surface area (Å²) in [4.78, 5) is 0. The molecular formula is C17H17NS. The van der Waals surface area contributed by atoms with Crippen LogP contribution in [0.25, 0.3) is 0 Å². The van der Waals surface area contributed by atoms with Crippen LogP contribution in [0.1, 0.15) is 36.0 Å². The Balaban J connectivity index is 1.90. The second kappa shape index (κ2) is 5.19. The molecule has 0 spiro atoms. The quantitative estimate of drug-likeness (QED) is 0.804. The lowest BCUT2D eigenvalue weighted by molar-refractivity contribution is 0.423. The van der Waals surface area contributed by atoms with Crippen LogP contribution < -0.4 is 0 Å². The molecule has 1 aliphatic carbocycles. The van der Waals surface area contributed by atoms with Crippen molar-refractivity contribution in [3.8, 4) is 6.07 Å². The van der Waals surface area contributed by atoms with Crippen LogP contribution in [0.4, 0.5) is 0 Å². The van der Waals surface area contributed by atoms with Gasteiger partial charge in [-0.2, -0.15) is 16.6 Å². The molecule has 96 valence electrons. The monoisotopic (exact) mass is 267 g/mol. The third kappa shape index (κ3) is 2.31. The van der Waals surface area contributed by atoms with Gasteiger partial charge in [-0.1, -0.05) is 24.3 Å². The lowest BCUT2D eigenvalue weighted by Gasteiger charge is -2.33. The third-order valence-electron chi connectivity index (χ3n) is 4.22. The molecule has 0 N–H and O–H groups in total. The van der Waals surface area contributed by atoms with Gasteiger partial charge in [-0.05, 0) is 65.6 Å². The van der Waals surface area contributed by atoms with Crippen molar-refractivity contribution < 1.29 is 0 Å². The summed E-state index contributed by atoms with van der Waals surface area (Å²) in [7, 11) is 0. The van der Waals surface area contributed by atoms with Crippen molar-refractivity contribution in [3.63, 3.8) is 0 Å². The molecule has 0 radical (unpaired) electrons. The zero-order valence-corrected chi connectivity index (χ0v) is 11.7. The summed E-state index contributed by atoms with van der Waals surface area (Å²) in [6, 6.07) is 13.3. The largest absolute Gasteiger partial charge is 0.197 e. The van der Waals surface area contributed by atoms with E-state index in [9.17, 15) is 5.26 Å². The van der Waals surface area contributed by atoms with E-state index in [0.717, 1.165) is 32.1 Å². The topological polar surface area (TPSA) is 23.8 Å². The highest BCUT2D eigenvalue weighted by atomic mass is 32.1. The highest BCUT2D eigenvalue weighted by molar-refractivity contribution is 7.07. The number of hydrogen-bond donors (Lipinski definition) is 0. The summed E-state index contributed by atoms with van der Waals surface area (Å²) in [6.45, 7) is 0. The van der Waals surface area contributed by atoms with Crippen LogP contribution in [0.15, 0.2) is 41.1 Å². The number of fused-ring (bicyclic) bond motifs is 1. The highest BCUT2D eigenvalue weighted by Crippen LogP contribution is 2.40. The highest BCUT2D eigenvalue weighted by Gasteiger charge is 2.36. The molecule has 0 fully saturated rings. The minimum atomic E-state index is -0.267. The Hall–Kier alpha value is -1.59. The van der Waals surface area contributed by atoms with E-state index in [-0.39, 0.29) is 5.41 Å². The first-order valence-corrected chi connectivity index (χ1v) is 7.79. The number of benzene rings is 1. The molecule has 1 heterocycles. The Morgan fingerprint density at radius 3 is 2.95 bits per heavy atom. The molecule has 1 unspecified atom stereocenters. The fourth-order valence-electron chi connectivity index (χ4n) is 3.14. The molecule has 1 atom stereocenters. The van der Waals surface area contributed by atoms with E-state index in [0.29, 0.717) is 0 Å². The Morgan fingerprint density at radius 2 is 2.16 bits per heavy atom. The van der Waals surface area contributed by atoms with Gasteiger partial charge >= 0.3 is 0 Å². The smallest absolute Gasteiger partial charge is 0.0828 e. The first-order valence-electron chi connectivity index (χ1n) is 6.85. The van der Waals surface area contributed by atoms with Gasteiger partial charge in [-0.25, -0.2) is 0 Å².